The summed E-state index contributed by atoms with van der Waals surface area (Å²) in [4.78, 5) is 0. The molecule has 0 atom stereocenters. The minimum atomic E-state index is -0.136. The summed E-state index contributed by atoms with van der Waals surface area (Å²) in [6.07, 6.45) is 0. The molecule has 0 fully saturated rings. The molecule has 10 aromatic carbocycles. The van der Waals surface area contributed by atoms with Crippen LogP contribution in [-0.4, -0.2) is 0 Å². The molecular weight excluding hydrogens is 677 g/mol. The fourth-order valence-electron chi connectivity index (χ4n) is 9.94. The Bertz CT molecular complexity index is 3370. The van der Waals surface area contributed by atoms with Crippen molar-refractivity contribution in [1.29, 1.82) is 0 Å². The molecule has 56 heavy (non-hydrogen) atoms. The van der Waals surface area contributed by atoms with Crippen LogP contribution in [0.1, 0.15) is 25.0 Å². The van der Waals surface area contributed by atoms with Gasteiger partial charge in [-0.05, 0) is 111 Å². The van der Waals surface area contributed by atoms with Gasteiger partial charge in [0.15, 0.2) is 0 Å². The van der Waals surface area contributed by atoms with Crippen molar-refractivity contribution in [3.05, 3.63) is 193 Å². The van der Waals surface area contributed by atoms with Crippen molar-refractivity contribution < 1.29 is 4.42 Å². The zero-order valence-electron chi connectivity index (χ0n) is 31.2. The molecule has 12 rings (SSSR count). The van der Waals surface area contributed by atoms with Crippen LogP contribution in [-0.2, 0) is 5.41 Å². The molecule has 0 amide bonds. The highest BCUT2D eigenvalue weighted by Gasteiger charge is 2.38. The Labute approximate surface area is 325 Å². The maximum atomic E-state index is 6.79. The van der Waals surface area contributed by atoms with Crippen molar-refractivity contribution in [2.45, 2.75) is 19.3 Å². The van der Waals surface area contributed by atoms with Gasteiger partial charge < -0.3 is 4.42 Å². The predicted octanol–water partition coefficient (Wildman–Crippen LogP) is 15.5. The van der Waals surface area contributed by atoms with Gasteiger partial charge in [0.25, 0.3) is 0 Å². The van der Waals surface area contributed by atoms with E-state index in [4.69, 9.17) is 4.42 Å². The van der Waals surface area contributed by atoms with Crippen LogP contribution in [0.2, 0.25) is 0 Å². The second kappa shape index (κ2) is 11.5. The zero-order valence-corrected chi connectivity index (χ0v) is 31.2. The molecule has 0 aliphatic heterocycles. The molecule has 11 aromatic rings. The second-order valence-electron chi connectivity index (χ2n) is 16.0. The SMILES string of the molecule is CC1(C)c2ccc(-c3ccc(-c4c5ccccc5c(-c5ccc6ccccc6c5)c5ccccc45)cc3)cc2-c2c1ccc1c2oc2ccc3ccccc3c21. The van der Waals surface area contributed by atoms with Gasteiger partial charge in [0.1, 0.15) is 11.2 Å². The number of furan rings is 1. The van der Waals surface area contributed by atoms with Gasteiger partial charge >= 0.3 is 0 Å². The smallest absolute Gasteiger partial charge is 0.143 e. The van der Waals surface area contributed by atoms with E-state index in [1.165, 1.54) is 109 Å². The monoisotopic (exact) mass is 712 g/mol. The first-order chi connectivity index (χ1) is 27.5. The number of hydrogen-bond donors (Lipinski definition) is 0. The second-order valence-corrected chi connectivity index (χ2v) is 16.0. The van der Waals surface area contributed by atoms with Gasteiger partial charge in [0, 0.05) is 21.8 Å². The van der Waals surface area contributed by atoms with Crippen molar-refractivity contribution >= 4 is 65.0 Å². The van der Waals surface area contributed by atoms with Gasteiger partial charge in [-0.3, -0.25) is 0 Å². The Morgan fingerprint density at radius 2 is 0.893 bits per heavy atom. The van der Waals surface area contributed by atoms with Gasteiger partial charge in [0.2, 0.25) is 0 Å². The normalized spacial score (nSPS) is 13.3. The molecule has 1 heterocycles. The quantitative estimate of drug-likeness (QED) is 0.166. The zero-order chi connectivity index (χ0) is 37.1. The van der Waals surface area contributed by atoms with E-state index in [0.29, 0.717) is 0 Å². The van der Waals surface area contributed by atoms with Gasteiger partial charge in [-0.15, -0.1) is 0 Å². The minimum Gasteiger partial charge on any atom is -0.455 e. The molecule has 1 aliphatic rings. The lowest BCUT2D eigenvalue weighted by Crippen LogP contribution is -2.14. The lowest BCUT2D eigenvalue weighted by atomic mass is 9.82. The largest absolute Gasteiger partial charge is 0.455 e. The first-order valence-electron chi connectivity index (χ1n) is 19.6. The van der Waals surface area contributed by atoms with E-state index >= 15 is 0 Å². The van der Waals surface area contributed by atoms with Crippen LogP contribution >= 0.6 is 0 Å². The Kier molecular flexibility index (Phi) is 6.46. The highest BCUT2D eigenvalue weighted by Crippen LogP contribution is 2.54. The molecule has 0 bridgehead atoms. The predicted molar refractivity (Wildman–Crippen MR) is 238 cm³/mol. The Hall–Kier alpha value is -6.96. The maximum Gasteiger partial charge on any atom is 0.143 e. The lowest BCUT2D eigenvalue weighted by molar-refractivity contribution is 0.653. The van der Waals surface area contributed by atoms with Crippen molar-refractivity contribution in [3.8, 4) is 44.5 Å². The van der Waals surface area contributed by atoms with E-state index in [9.17, 15) is 0 Å². The van der Waals surface area contributed by atoms with Crippen molar-refractivity contribution in [3.63, 3.8) is 0 Å². The number of benzene rings is 10. The fourth-order valence-corrected chi connectivity index (χ4v) is 9.94. The maximum absolute atomic E-state index is 6.79. The summed E-state index contributed by atoms with van der Waals surface area (Å²) in [7, 11) is 0. The third-order valence-corrected chi connectivity index (χ3v) is 12.6. The van der Waals surface area contributed by atoms with E-state index in [0.717, 1.165) is 11.2 Å². The molecule has 0 saturated heterocycles. The van der Waals surface area contributed by atoms with Crippen LogP contribution in [0.3, 0.4) is 0 Å². The summed E-state index contributed by atoms with van der Waals surface area (Å²) in [5, 5.41) is 12.4. The lowest BCUT2D eigenvalue weighted by Gasteiger charge is -2.21. The summed E-state index contributed by atoms with van der Waals surface area (Å²) >= 11 is 0. The number of rotatable bonds is 3. The molecule has 0 radical (unpaired) electrons. The number of fused-ring (bicyclic) bond motifs is 12. The van der Waals surface area contributed by atoms with Crippen molar-refractivity contribution in [2.24, 2.45) is 0 Å². The molecule has 0 saturated carbocycles. The van der Waals surface area contributed by atoms with Crippen LogP contribution in [0.15, 0.2) is 186 Å². The summed E-state index contributed by atoms with van der Waals surface area (Å²) < 4.78 is 6.79. The summed E-state index contributed by atoms with van der Waals surface area (Å²) in [5.41, 5.74) is 14.4. The Morgan fingerprint density at radius 3 is 1.61 bits per heavy atom. The van der Waals surface area contributed by atoms with E-state index in [2.05, 4.69) is 196 Å². The van der Waals surface area contributed by atoms with Gasteiger partial charge in [0.05, 0.1) is 0 Å². The Balaban J connectivity index is 1.00. The molecule has 1 aromatic heterocycles. The van der Waals surface area contributed by atoms with Crippen molar-refractivity contribution in [2.75, 3.05) is 0 Å². The first-order valence-corrected chi connectivity index (χ1v) is 19.6. The van der Waals surface area contributed by atoms with Gasteiger partial charge in [-0.25, -0.2) is 0 Å². The molecule has 0 unspecified atom stereocenters. The summed E-state index contributed by atoms with van der Waals surface area (Å²) in [5.74, 6) is 0. The molecule has 1 aliphatic carbocycles. The molecule has 0 N–H and O–H groups in total. The van der Waals surface area contributed by atoms with Crippen LogP contribution in [0.5, 0.6) is 0 Å². The molecule has 1 nitrogen and oxygen atoms in total. The van der Waals surface area contributed by atoms with Crippen LogP contribution < -0.4 is 0 Å². The summed E-state index contributed by atoms with van der Waals surface area (Å²) in [6, 6.07) is 67.1. The van der Waals surface area contributed by atoms with Crippen LogP contribution in [0.25, 0.3) is 110 Å². The van der Waals surface area contributed by atoms with E-state index < -0.39 is 0 Å². The highest BCUT2D eigenvalue weighted by atomic mass is 16.3. The third-order valence-electron chi connectivity index (χ3n) is 12.6. The van der Waals surface area contributed by atoms with Crippen LogP contribution in [0, 0.1) is 0 Å². The van der Waals surface area contributed by atoms with Crippen LogP contribution in [0.4, 0.5) is 0 Å². The highest BCUT2D eigenvalue weighted by molar-refractivity contribution is 6.23. The van der Waals surface area contributed by atoms with Gasteiger partial charge in [-0.2, -0.15) is 0 Å². The van der Waals surface area contributed by atoms with Crippen molar-refractivity contribution in [1.82, 2.24) is 0 Å². The third kappa shape index (κ3) is 4.37. The molecule has 0 spiro atoms. The standard InChI is InChI=1S/C55H36O/c1-55(2)47-28-25-38(32-46(47)53-48(55)29-27-45-52-40-14-6-5-12-35(40)26-30-49(52)56-54(45)53)34-19-22-36(23-20-34)50-41-15-7-9-17-43(41)51(44-18-10-8-16-42(44)50)39-24-21-33-11-3-4-13-37(33)31-39/h3-32H,1-2H3. The molecule has 1 heteroatoms. The van der Waals surface area contributed by atoms with E-state index in [1.54, 1.807) is 0 Å². The molecular formula is C55H36O. The average Bonchev–Trinajstić information content (AvgIpc) is 3.74. The minimum absolute atomic E-state index is 0.136. The topological polar surface area (TPSA) is 13.1 Å². The number of hydrogen-bond acceptors (Lipinski definition) is 1. The van der Waals surface area contributed by atoms with Gasteiger partial charge in [-0.1, -0.05) is 178 Å². The van der Waals surface area contributed by atoms with E-state index in [1.807, 2.05) is 0 Å². The average molecular weight is 713 g/mol. The molecule has 262 valence electrons. The summed E-state index contributed by atoms with van der Waals surface area (Å²) in [6.45, 7) is 4.69. The Morgan fingerprint density at radius 1 is 0.357 bits per heavy atom. The fraction of sp³-hybridized carbons (Fsp3) is 0.0545. The first kappa shape index (κ1) is 31.4. The van der Waals surface area contributed by atoms with E-state index in [-0.39, 0.29) is 5.41 Å².